The van der Waals surface area contributed by atoms with Gasteiger partial charge in [-0.15, -0.1) is 13.2 Å². The summed E-state index contributed by atoms with van der Waals surface area (Å²) in [6.07, 6.45) is 3.51. The van der Waals surface area contributed by atoms with Gasteiger partial charge >= 0.3 is 5.97 Å². The van der Waals surface area contributed by atoms with E-state index in [2.05, 4.69) is 18.5 Å². The molecule has 272 valence electrons. The van der Waals surface area contributed by atoms with Crippen LogP contribution < -0.4 is 10.2 Å². The highest BCUT2D eigenvalue weighted by molar-refractivity contribution is 6.34. The predicted octanol–water partition coefficient (Wildman–Crippen LogP) is 5.20. The topological polar surface area (TPSA) is 125 Å². The second kappa shape index (κ2) is 16.3. The maximum atomic E-state index is 15.0. The van der Waals surface area contributed by atoms with E-state index in [0.717, 1.165) is 5.56 Å². The van der Waals surface area contributed by atoms with Crippen molar-refractivity contribution in [3.8, 4) is 0 Å². The molecular weight excluding hydrogens is 682 g/mol. The number of ether oxygens (including phenoxy) is 2. The third-order valence-corrected chi connectivity index (χ3v) is 10.7. The maximum Gasteiger partial charge on any atom is 0.313 e. The molecule has 2 bridgehead atoms. The molecule has 6 rings (SSSR count). The minimum atomic E-state index is -1.37. The molecule has 0 radical (unpaired) electrons. The zero-order valence-electron chi connectivity index (χ0n) is 28.9. The van der Waals surface area contributed by atoms with Crippen molar-refractivity contribution in [3.63, 3.8) is 0 Å². The first kappa shape index (κ1) is 37.0. The Hall–Kier alpha value is -4.77. The number of nitrogens with one attached hydrogen (secondary N) is 1. The number of esters is 1. The lowest BCUT2D eigenvalue weighted by molar-refractivity contribution is -0.161. The Morgan fingerprint density at radius 2 is 1.73 bits per heavy atom. The smallest absolute Gasteiger partial charge is 0.313 e. The van der Waals surface area contributed by atoms with Gasteiger partial charge in [0.05, 0.1) is 47.8 Å². The van der Waals surface area contributed by atoms with Crippen molar-refractivity contribution in [2.24, 2.45) is 11.8 Å². The molecule has 3 saturated heterocycles. The number of benzene rings is 3. The average Bonchev–Trinajstić information content (AvgIpc) is 3.82. The monoisotopic (exact) mass is 725 g/mol. The number of rotatable bonds is 16. The van der Waals surface area contributed by atoms with Crippen LogP contribution in [0.4, 0.5) is 5.69 Å². The first-order valence-corrected chi connectivity index (χ1v) is 18.1. The summed E-state index contributed by atoms with van der Waals surface area (Å²) in [6.45, 7) is 7.22. The summed E-state index contributed by atoms with van der Waals surface area (Å²) in [5, 5.41) is 14.0. The molecule has 0 aliphatic carbocycles. The van der Waals surface area contributed by atoms with Crippen LogP contribution in [-0.2, 0) is 35.1 Å². The zero-order valence-corrected chi connectivity index (χ0v) is 29.7. The molecule has 2 N–H and O–H groups in total. The largest absolute Gasteiger partial charge is 0.455 e. The van der Waals surface area contributed by atoms with Gasteiger partial charge in [0.2, 0.25) is 11.8 Å². The molecule has 3 amide bonds. The second-order valence-corrected chi connectivity index (χ2v) is 13.9. The van der Waals surface area contributed by atoms with E-state index in [4.69, 9.17) is 21.1 Å². The lowest BCUT2D eigenvalue weighted by atomic mass is 9.70. The van der Waals surface area contributed by atoms with E-state index in [1.54, 1.807) is 36.4 Å². The number of fused-ring (bicyclic) bond motifs is 1. The fraction of sp³-hybridized carbons (Fsp3) is 0.366. The van der Waals surface area contributed by atoms with Crippen LogP contribution >= 0.6 is 11.6 Å². The van der Waals surface area contributed by atoms with E-state index in [0.29, 0.717) is 35.5 Å². The summed E-state index contributed by atoms with van der Waals surface area (Å²) < 4.78 is 12.9. The van der Waals surface area contributed by atoms with Gasteiger partial charge in [-0.25, -0.2) is 0 Å². The summed E-state index contributed by atoms with van der Waals surface area (Å²) in [7, 11) is 0. The highest BCUT2D eigenvalue weighted by Gasteiger charge is 2.75. The van der Waals surface area contributed by atoms with Gasteiger partial charge in [0.1, 0.15) is 17.7 Å². The molecular formula is C41H44ClN3O7. The van der Waals surface area contributed by atoms with E-state index >= 15 is 4.79 Å². The summed E-state index contributed by atoms with van der Waals surface area (Å²) in [5.41, 5.74) is 0.614. The lowest BCUT2D eigenvalue weighted by Crippen LogP contribution is -2.59. The Kier molecular flexibility index (Phi) is 11.6. The number of anilines is 1. The van der Waals surface area contributed by atoms with Crippen LogP contribution in [0.25, 0.3) is 0 Å². The minimum absolute atomic E-state index is 0.0268. The van der Waals surface area contributed by atoms with Gasteiger partial charge < -0.3 is 29.7 Å². The van der Waals surface area contributed by atoms with Gasteiger partial charge in [-0.1, -0.05) is 96.5 Å². The van der Waals surface area contributed by atoms with E-state index in [-0.39, 0.29) is 31.8 Å². The molecule has 3 aromatic carbocycles. The van der Waals surface area contributed by atoms with Crippen LogP contribution in [0.2, 0.25) is 5.02 Å². The SMILES string of the molecule is C=CCCC(=O)NC[C@@H](OC(=O)[C@@H]1[C@@H]2CC[C@]3(O2)[C@H](C(=O)N(CC=C)c2ccccc2Cl)N([C@@H](CO)Cc2ccccc2)C(=O)[C@@H]13)c1ccccc1. The fourth-order valence-electron chi connectivity index (χ4n) is 8.07. The first-order chi connectivity index (χ1) is 25.2. The molecule has 0 unspecified atom stereocenters. The standard InChI is InChI=1S/C41H44ClN3O7/c1-3-5-20-34(47)43-25-33(28-16-10-7-11-17-28)51-40(50)35-32-21-22-41(52-32)36(35)38(48)45(29(26-46)24-27-14-8-6-9-15-27)37(41)39(49)44(23-4-2)31-19-13-12-18-30(31)42/h3-4,6-19,29,32-33,35-37,46H,1-2,5,20-26H2,(H,43,47)/t29-,32+,33-,35-,36-,37+,41-/m1/s1. The van der Waals surface area contributed by atoms with Crippen LogP contribution in [0.1, 0.15) is 42.9 Å². The molecule has 0 aromatic heterocycles. The van der Waals surface area contributed by atoms with Crippen LogP contribution in [0.15, 0.2) is 110 Å². The molecule has 0 saturated carbocycles. The number of allylic oxidation sites excluding steroid dienone is 1. The fourth-order valence-corrected chi connectivity index (χ4v) is 8.30. The first-order valence-electron chi connectivity index (χ1n) is 17.7. The number of likely N-dealkylation sites (tertiary alicyclic amines) is 1. The van der Waals surface area contributed by atoms with Gasteiger partial charge in [-0.2, -0.15) is 0 Å². The number of carbonyl (C=O) groups is 4. The van der Waals surface area contributed by atoms with Crippen LogP contribution in [-0.4, -0.2) is 77.2 Å². The van der Waals surface area contributed by atoms with Crippen molar-refractivity contribution in [1.82, 2.24) is 10.2 Å². The quantitative estimate of drug-likeness (QED) is 0.154. The maximum absolute atomic E-state index is 15.0. The average molecular weight is 726 g/mol. The van der Waals surface area contributed by atoms with Crippen molar-refractivity contribution in [1.29, 1.82) is 0 Å². The molecule has 1 spiro atoms. The Labute approximate surface area is 309 Å². The molecule has 11 heteroatoms. The number of hydrogen-bond acceptors (Lipinski definition) is 7. The molecule has 7 atom stereocenters. The molecule has 3 heterocycles. The predicted molar refractivity (Wildman–Crippen MR) is 197 cm³/mol. The Morgan fingerprint density at radius 3 is 2.40 bits per heavy atom. The van der Waals surface area contributed by atoms with Crippen LogP contribution in [0.5, 0.6) is 0 Å². The number of halogens is 1. The highest BCUT2D eigenvalue weighted by atomic mass is 35.5. The van der Waals surface area contributed by atoms with Crippen LogP contribution in [0, 0.1) is 11.8 Å². The Morgan fingerprint density at radius 1 is 1.04 bits per heavy atom. The molecule has 3 aromatic rings. The minimum Gasteiger partial charge on any atom is -0.455 e. The Balaban J connectivity index is 1.36. The number of aliphatic hydroxyl groups excluding tert-OH is 1. The van der Waals surface area contributed by atoms with Crippen molar-refractivity contribution in [2.45, 2.75) is 62.0 Å². The normalized spacial score (nSPS) is 24.1. The summed E-state index contributed by atoms with van der Waals surface area (Å²) >= 11 is 6.62. The summed E-state index contributed by atoms with van der Waals surface area (Å²) in [5.74, 6) is -3.83. The van der Waals surface area contributed by atoms with Crippen molar-refractivity contribution >= 4 is 41.0 Å². The van der Waals surface area contributed by atoms with E-state index < -0.39 is 66.1 Å². The molecule has 10 nitrogen and oxygen atoms in total. The van der Waals surface area contributed by atoms with Gasteiger partial charge in [-0.3, -0.25) is 19.2 Å². The number of amides is 3. The number of nitrogens with zero attached hydrogens (tertiary/aromatic N) is 2. The lowest BCUT2D eigenvalue weighted by Gasteiger charge is -2.39. The van der Waals surface area contributed by atoms with Gasteiger partial charge in [0.25, 0.3) is 5.91 Å². The highest BCUT2D eigenvalue weighted by Crippen LogP contribution is 2.59. The van der Waals surface area contributed by atoms with E-state index in [1.165, 1.54) is 9.80 Å². The van der Waals surface area contributed by atoms with Gasteiger partial charge in [-0.05, 0) is 48.9 Å². The van der Waals surface area contributed by atoms with Crippen LogP contribution in [0.3, 0.4) is 0 Å². The number of carbonyl (C=O) groups excluding carboxylic acids is 4. The molecule has 3 aliphatic rings. The second-order valence-electron chi connectivity index (χ2n) is 13.5. The molecule has 3 aliphatic heterocycles. The summed E-state index contributed by atoms with van der Waals surface area (Å²) in [4.78, 5) is 59.7. The molecule has 3 fully saturated rings. The third kappa shape index (κ3) is 7.15. The van der Waals surface area contributed by atoms with Gasteiger partial charge in [0, 0.05) is 13.0 Å². The van der Waals surface area contributed by atoms with Gasteiger partial charge in [0.15, 0.2) is 0 Å². The number of hydrogen-bond donors (Lipinski definition) is 2. The Bertz CT molecular complexity index is 1790. The van der Waals surface area contributed by atoms with Crippen molar-refractivity contribution in [3.05, 3.63) is 126 Å². The van der Waals surface area contributed by atoms with Crippen molar-refractivity contribution < 1.29 is 33.8 Å². The number of para-hydroxylation sites is 1. The number of aliphatic hydroxyl groups is 1. The zero-order chi connectivity index (χ0) is 36.8. The molecule has 52 heavy (non-hydrogen) atoms. The summed E-state index contributed by atoms with van der Waals surface area (Å²) in [6, 6.07) is 23.5. The van der Waals surface area contributed by atoms with Crippen molar-refractivity contribution in [2.75, 3.05) is 24.6 Å². The third-order valence-electron chi connectivity index (χ3n) is 10.4. The van der Waals surface area contributed by atoms with E-state index in [1.807, 2.05) is 60.7 Å². The van der Waals surface area contributed by atoms with E-state index in [9.17, 15) is 19.5 Å².